The number of hydrogen-bond acceptors (Lipinski definition) is 5. The number of benzene rings is 2. The van der Waals surface area contributed by atoms with Crippen molar-refractivity contribution in [3.63, 3.8) is 0 Å². The molecule has 5 nitrogen and oxygen atoms in total. The van der Waals surface area contributed by atoms with E-state index in [-0.39, 0.29) is 22.1 Å². The van der Waals surface area contributed by atoms with Crippen molar-refractivity contribution in [3.8, 4) is 22.8 Å². The largest absolute Gasteiger partial charge is 0.504 e. The zero-order valence-corrected chi connectivity index (χ0v) is 15.2. The molecule has 2 aromatic heterocycles. The van der Waals surface area contributed by atoms with Gasteiger partial charge in [-0.05, 0) is 30.7 Å². The number of phenols is 2. The van der Waals surface area contributed by atoms with Crippen LogP contribution in [0.15, 0.2) is 47.4 Å². The number of nitrogens with zero attached hydrogens (tertiary/aromatic N) is 2. The SMILES string of the molecule is Cc1ccc(-c2cn3c(=O)/c(=C/c4cc(O)c(O)c(Cl)c4)sc3n2)cc1. The molecule has 0 fully saturated rings. The quantitative estimate of drug-likeness (QED) is 0.520. The molecule has 0 amide bonds. The molecule has 0 unspecified atom stereocenters. The van der Waals surface area contributed by atoms with E-state index in [0.717, 1.165) is 16.8 Å². The number of aromatic hydroxyl groups is 2. The van der Waals surface area contributed by atoms with Crippen LogP contribution < -0.4 is 10.1 Å². The average molecular weight is 385 g/mol. The van der Waals surface area contributed by atoms with Gasteiger partial charge in [0.1, 0.15) is 0 Å². The molecule has 0 aliphatic rings. The third-order valence-corrected chi connectivity index (χ3v) is 5.29. The summed E-state index contributed by atoms with van der Waals surface area (Å²) in [5, 5.41) is 19.2. The fourth-order valence-corrected chi connectivity index (χ4v) is 3.81. The number of thiazole rings is 1. The summed E-state index contributed by atoms with van der Waals surface area (Å²) >= 11 is 7.11. The van der Waals surface area contributed by atoms with E-state index >= 15 is 0 Å². The molecule has 2 heterocycles. The highest BCUT2D eigenvalue weighted by atomic mass is 35.5. The van der Waals surface area contributed by atoms with Gasteiger partial charge in [-0.15, -0.1) is 0 Å². The van der Waals surface area contributed by atoms with Gasteiger partial charge in [-0.25, -0.2) is 4.98 Å². The average Bonchev–Trinajstić information content (AvgIpc) is 3.13. The van der Waals surface area contributed by atoms with Crippen LogP contribution in [0.5, 0.6) is 11.5 Å². The van der Waals surface area contributed by atoms with Crippen LogP contribution in [-0.2, 0) is 0 Å². The molecule has 0 spiro atoms. The first-order chi connectivity index (χ1) is 12.4. The fraction of sp³-hybridized carbons (Fsp3) is 0.0526. The smallest absolute Gasteiger partial charge is 0.274 e. The number of fused-ring (bicyclic) bond motifs is 1. The molecule has 0 aliphatic heterocycles. The lowest BCUT2D eigenvalue weighted by Crippen LogP contribution is -2.22. The number of phenolic OH excluding ortho intramolecular Hbond substituents is 2. The predicted octanol–water partition coefficient (Wildman–Crippen LogP) is 3.34. The highest BCUT2D eigenvalue weighted by molar-refractivity contribution is 7.15. The van der Waals surface area contributed by atoms with E-state index in [1.54, 1.807) is 12.3 Å². The van der Waals surface area contributed by atoms with E-state index in [9.17, 15) is 15.0 Å². The second kappa shape index (κ2) is 6.16. The molecular formula is C19H13ClN2O3S. The molecule has 0 saturated heterocycles. The van der Waals surface area contributed by atoms with Crippen molar-refractivity contribution < 1.29 is 10.2 Å². The molecule has 2 aromatic carbocycles. The highest BCUT2D eigenvalue weighted by Gasteiger charge is 2.11. The summed E-state index contributed by atoms with van der Waals surface area (Å²) in [6.07, 6.45) is 3.33. The van der Waals surface area contributed by atoms with Crippen molar-refractivity contribution in [1.82, 2.24) is 9.38 Å². The lowest BCUT2D eigenvalue weighted by Gasteiger charge is -2.01. The van der Waals surface area contributed by atoms with Gasteiger partial charge in [-0.1, -0.05) is 52.8 Å². The van der Waals surface area contributed by atoms with Gasteiger partial charge in [-0.2, -0.15) is 0 Å². The highest BCUT2D eigenvalue weighted by Crippen LogP contribution is 2.34. The summed E-state index contributed by atoms with van der Waals surface area (Å²) in [4.78, 5) is 17.7. The third-order valence-electron chi connectivity index (χ3n) is 4.02. The maximum absolute atomic E-state index is 12.6. The number of aromatic nitrogens is 2. The molecular weight excluding hydrogens is 372 g/mol. The molecule has 0 bridgehead atoms. The second-order valence-electron chi connectivity index (χ2n) is 5.93. The standard InChI is InChI=1S/C19H13ClN2O3S/c1-10-2-4-12(5-3-10)14-9-22-18(25)16(26-19(22)21-14)8-11-6-13(20)17(24)15(23)7-11/h2-9,23-24H,1H3/b16-8-. The molecule has 4 rings (SSSR count). The number of rotatable bonds is 2. The zero-order valence-electron chi connectivity index (χ0n) is 13.6. The first-order valence-electron chi connectivity index (χ1n) is 7.74. The minimum atomic E-state index is -0.380. The monoisotopic (exact) mass is 384 g/mol. The van der Waals surface area contributed by atoms with E-state index in [1.807, 2.05) is 31.2 Å². The minimum Gasteiger partial charge on any atom is -0.504 e. The van der Waals surface area contributed by atoms with Crippen LogP contribution in [0, 0.1) is 6.92 Å². The Morgan fingerprint density at radius 2 is 1.92 bits per heavy atom. The molecule has 26 heavy (non-hydrogen) atoms. The van der Waals surface area contributed by atoms with Crippen LogP contribution in [0.2, 0.25) is 5.02 Å². The van der Waals surface area contributed by atoms with Crippen LogP contribution in [0.1, 0.15) is 11.1 Å². The zero-order chi connectivity index (χ0) is 18.4. The van der Waals surface area contributed by atoms with Crippen molar-refractivity contribution in [2.75, 3.05) is 0 Å². The Balaban J connectivity index is 1.81. The van der Waals surface area contributed by atoms with Crippen LogP contribution in [0.25, 0.3) is 22.3 Å². The summed E-state index contributed by atoms with van der Waals surface area (Å²) in [5.41, 5.74) is 3.18. The summed E-state index contributed by atoms with van der Waals surface area (Å²) < 4.78 is 1.97. The van der Waals surface area contributed by atoms with Gasteiger partial charge in [0.15, 0.2) is 16.5 Å². The van der Waals surface area contributed by atoms with Crippen molar-refractivity contribution in [2.45, 2.75) is 6.92 Å². The maximum Gasteiger partial charge on any atom is 0.274 e. The van der Waals surface area contributed by atoms with Crippen LogP contribution >= 0.6 is 22.9 Å². The lowest BCUT2D eigenvalue weighted by atomic mass is 10.1. The van der Waals surface area contributed by atoms with Crippen molar-refractivity contribution in [2.24, 2.45) is 0 Å². The number of imidazole rings is 1. The first kappa shape index (κ1) is 16.6. The number of aryl methyl sites for hydroxylation is 1. The van der Waals surface area contributed by atoms with Crippen LogP contribution in [0.3, 0.4) is 0 Å². The molecule has 4 aromatic rings. The lowest BCUT2D eigenvalue weighted by molar-refractivity contribution is 0.404. The predicted molar refractivity (Wildman–Crippen MR) is 103 cm³/mol. The topological polar surface area (TPSA) is 74.8 Å². The molecule has 7 heteroatoms. The Bertz CT molecular complexity index is 1220. The van der Waals surface area contributed by atoms with E-state index in [2.05, 4.69) is 4.98 Å². The van der Waals surface area contributed by atoms with Crippen molar-refractivity contribution >= 4 is 34.0 Å². The fourth-order valence-electron chi connectivity index (χ4n) is 2.64. The van der Waals surface area contributed by atoms with Gasteiger partial charge >= 0.3 is 0 Å². The normalized spacial score (nSPS) is 12.2. The molecule has 0 saturated carbocycles. The van der Waals surface area contributed by atoms with E-state index in [1.165, 1.54) is 27.9 Å². The van der Waals surface area contributed by atoms with E-state index in [4.69, 9.17) is 11.6 Å². The molecule has 0 radical (unpaired) electrons. The van der Waals surface area contributed by atoms with Gasteiger partial charge in [0, 0.05) is 11.8 Å². The summed E-state index contributed by atoms with van der Waals surface area (Å²) in [5.74, 6) is -0.714. The van der Waals surface area contributed by atoms with Gasteiger partial charge in [0.25, 0.3) is 5.56 Å². The molecule has 0 atom stereocenters. The first-order valence-corrected chi connectivity index (χ1v) is 8.94. The van der Waals surface area contributed by atoms with Crippen molar-refractivity contribution in [1.29, 1.82) is 0 Å². The van der Waals surface area contributed by atoms with Gasteiger partial charge in [0.05, 0.1) is 15.2 Å². The Kier molecular flexibility index (Phi) is 3.94. The van der Waals surface area contributed by atoms with Crippen LogP contribution in [-0.4, -0.2) is 19.6 Å². The minimum absolute atomic E-state index is 0.0201. The Morgan fingerprint density at radius 3 is 2.58 bits per heavy atom. The van der Waals surface area contributed by atoms with Gasteiger partial charge < -0.3 is 10.2 Å². The second-order valence-corrected chi connectivity index (χ2v) is 7.35. The Morgan fingerprint density at radius 1 is 1.19 bits per heavy atom. The summed E-state index contributed by atoms with van der Waals surface area (Å²) in [6.45, 7) is 2.01. The van der Waals surface area contributed by atoms with Crippen molar-refractivity contribution in [3.05, 3.63) is 73.6 Å². The summed E-state index contributed by atoms with van der Waals surface area (Å²) in [6, 6.07) is 10.8. The molecule has 0 aliphatic carbocycles. The van der Waals surface area contributed by atoms with Crippen LogP contribution in [0.4, 0.5) is 0 Å². The number of hydrogen-bond donors (Lipinski definition) is 2. The van der Waals surface area contributed by atoms with Gasteiger partial charge in [0.2, 0.25) is 0 Å². The molecule has 2 N–H and O–H groups in total. The number of halogens is 1. The third kappa shape index (κ3) is 2.83. The Hall–Kier alpha value is -2.83. The van der Waals surface area contributed by atoms with Gasteiger partial charge in [-0.3, -0.25) is 9.20 Å². The Labute approximate surface area is 157 Å². The molecule has 130 valence electrons. The van der Waals surface area contributed by atoms with E-state index in [0.29, 0.717) is 15.1 Å². The van der Waals surface area contributed by atoms with E-state index < -0.39 is 0 Å². The maximum atomic E-state index is 12.6. The summed E-state index contributed by atoms with van der Waals surface area (Å²) in [7, 11) is 0.